The molecule has 0 saturated carbocycles. The van der Waals surface area contributed by atoms with E-state index >= 15 is 0 Å². The summed E-state index contributed by atoms with van der Waals surface area (Å²) in [6.45, 7) is 1.95. The lowest BCUT2D eigenvalue weighted by molar-refractivity contribution is 0.0525. The summed E-state index contributed by atoms with van der Waals surface area (Å²) in [6.07, 6.45) is 1.44. The minimum atomic E-state index is -0.579. The second-order valence-corrected chi connectivity index (χ2v) is 4.38. The van der Waals surface area contributed by atoms with E-state index in [-0.39, 0.29) is 21.7 Å². The molecule has 18 heavy (non-hydrogen) atoms. The van der Waals surface area contributed by atoms with Crippen molar-refractivity contribution in [1.29, 1.82) is 0 Å². The zero-order valence-corrected chi connectivity index (χ0v) is 11.0. The highest BCUT2D eigenvalue weighted by molar-refractivity contribution is 7.71. The van der Waals surface area contributed by atoms with E-state index in [2.05, 4.69) is 4.98 Å². The summed E-state index contributed by atoms with van der Waals surface area (Å²) in [5.41, 5.74) is 0.778. The average molecular weight is 286 g/mol. The SMILES string of the molecule is CCOC(=O)c1c[nH]c2cc(Cl)c(F)cc2c1=S. The number of fused-ring (bicyclic) bond motifs is 1. The van der Waals surface area contributed by atoms with Crippen molar-refractivity contribution in [3.63, 3.8) is 0 Å². The van der Waals surface area contributed by atoms with Gasteiger partial charge in [-0.1, -0.05) is 23.8 Å². The molecule has 0 saturated heterocycles. The summed E-state index contributed by atoms with van der Waals surface area (Å²) in [6, 6.07) is 2.64. The van der Waals surface area contributed by atoms with Gasteiger partial charge < -0.3 is 9.72 Å². The number of H-pyrrole nitrogens is 1. The number of benzene rings is 1. The molecule has 0 aliphatic carbocycles. The van der Waals surface area contributed by atoms with Gasteiger partial charge in [0.2, 0.25) is 0 Å². The molecule has 0 unspecified atom stereocenters. The van der Waals surface area contributed by atoms with Gasteiger partial charge in [-0.05, 0) is 19.1 Å². The molecule has 0 radical (unpaired) electrons. The first-order valence-electron chi connectivity index (χ1n) is 5.22. The predicted molar refractivity (Wildman–Crippen MR) is 70.1 cm³/mol. The van der Waals surface area contributed by atoms with Crippen LogP contribution < -0.4 is 0 Å². The van der Waals surface area contributed by atoms with Gasteiger partial charge in [-0.2, -0.15) is 0 Å². The number of pyridine rings is 1. The van der Waals surface area contributed by atoms with Crippen molar-refractivity contribution in [3.8, 4) is 0 Å². The number of nitrogens with one attached hydrogen (secondary N) is 1. The summed E-state index contributed by atoms with van der Waals surface area (Å²) >= 11 is 10.8. The third-order valence-corrected chi connectivity index (χ3v) is 3.15. The Labute approximate surface area is 113 Å². The molecule has 0 atom stereocenters. The minimum Gasteiger partial charge on any atom is -0.462 e. The normalized spacial score (nSPS) is 10.6. The number of ether oxygens (including phenoxy) is 1. The molecule has 0 amide bonds. The first-order chi connectivity index (χ1) is 8.54. The lowest BCUT2D eigenvalue weighted by Crippen LogP contribution is -2.06. The maximum Gasteiger partial charge on any atom is 0.341 e. The fraction of sp³-hybridized carbons (Fsp3) is 0.167. The fourth-order valence-electron chi connectivity index (χ4n) is 1.58. The molecule has 0 aliphatic rings. The van der Waals surface area contributed by atoms with Gasteiger partial charge in [0.05, 0.1) is 21.7 Å². The number of aromatic nitrogens is 1. The van der Waals surface area contributed by atoms with Crippen molar-refractivity contribution in [2.75, 3.05) is 6.61 Å². The highest BCUT2D eigenvalue weighted by Crippen LogP contribution is 2.23. The molecular weight excluding hydrogens is 277 g/mol. The minimum absolute atomic E-state index is 0.00275. The molecule has 1 heterocycles. The van der Waals surface area contributed by atoms with E-state index < -0.39 is 11.8 Å². The summed E-state index contributed by atoms with van der Waals surface area (Å²) in [5.74, 6) is -1.11. The Kier molecular flexibility index (Phi) is 3.63. The van der Waals surface area contributed by atoms with E-state index in [1.807, 2.05) is 0 Å². The van der Waals surface area contributed by atoms with Crippen molar-refractivity contribution >= 4 is 40.7 Å². The predicted octanol–water partition coefficient (Wildman–Crippen LogP) is 3.87. The molecule has 2 aromatic rings. The van der Waals surface area contributed by atoms with Crippen LogP contribution in [0.3, 0.4) is 0 Å². The number of hydrogen-bond acceptors (Lipinski definition) is 3. The fourth-order valence-corrected chi connectivity index (χ4v) is 2.05. The van der Waals surface area contributed by atoms with Gasteiger partial charge in [0.15, 0.2) is 0 Å². The number of halogens is 2. The Balaban J connectivity index is 2.68. The molecule has 0 bridgehead atoms. The maximum atomic E-state index is 13.4. The number of carbonyl (C=O) groups excluding carboxylic acids is 1. The number of hydrogen-bond donors (Lipinski definition) is 1. The smallest absolute Gasteiger partial charge is 0.341 e. The molecule has 2 rings (SSSR count). The van der Waals surface area contributed by atoms with E-state index in [1.54, 1.807) is 6.92 Å². The lowest BCUT2D eigenvalue weighted by Gasteiger charge is -2.05. The molecule has 0 fully saturated rings. The van der Waals surface area contributed by atoms with Crippen molar-refractivity contribution < 1.29 is 13.9 Å². The van der Waals surface area contributed by atoms with Gasteiger partial charge in [0.25, 0.3) is 0 Å². The van der Waals surface area contributed by atoms with Crippen LogP contribution in [0.1, 0.15) is 17.3 Å². The van der Waals surface area contributed by atoms with E-state index in [1.165, 1.54) is 18.3 Å². The Hall–Kier alpha value is -1.46. The van der Waals surface area contributed by atoms with Crippen LogP contribution in [0.4, 0.5) is 4.39 Å². The van der Waals surface area contributed by atoms with Crippen molar-refractivity contribution in [2.24, 2.45) is 0 Å². The molecule has 94 valence electrons. The molecule has 1 aromatic heterocycles. The Morgan fingerprint density at radius 1 is 1.56 bits per heavy atom. The third kappa shape index (κ3) is 2.23. The second-order valence-electron chi connectivity index (χ2n) is 3.56. The number of esters is 1. The molecule has 6 heteroatoms. The number of carbonyl (C=O) groups is 1. The highest BCUT2D eigenvalue weighted by atomic mass is 35.5. The van der Waals surface area contributed by atoms with Crippen LogP contribution in [0.25, 0.3) is 10.9 Å². The second kappa shape index (κ2) is 5.04. The van der Waals surface area contributed by atoms with Gasteiger partial charge in [0.1, 0.15) is 5.82 Å². The van der Waals surface area contributed by atoms with Crippen LogP contribution in [-0.4, -0.2) is 17.6 Å². The lowest BCUT2D eigenvalue weighted by atomic mass is 10.1. The van der Waals surface area contributed by atoms with Crippen LogP contribution in [0.15, 0.2) is 18.3 Å². The highest BCUT2D eigenvalue weighted by Gasteiger charge is 2.12. The Morgan fingerprint density at radius 3 is 2.94 bits per heavy atom. The van der Waals surface area contributed by atoms with Gasteiger partial charge in [-0.3, -0.25) is 0 Å². The van der Waals surface area contributed by atoms with E-state index in [0.29, 0.717) is 10.9 Å². The van der Waals surface area contributed by atoms with Crippen molar-refractivity contribution in [2.45, 2.75) is 6.92 Å². The van der Waals surface area contributed by atoms with Gasteiger partial charge in [0, 0.05) is 17.1 Å². The average Bonchev–Trinajstić information content (AvgIpc) is 2.32. The monoisotopic (exact) mass is 285 g/mol. The Bertz CT molecular complexity index is 684. The standard InChI is InChI=1S/C12H9ClFNO2S/c1-2-17-12(16)7-5-15-10-4-8(13)9(14)3-6(10)11(7)18/h3-5H,2H2,1H3,(H,15,18). The molecule has 1 aromatic carbocycles. The molecular formula is C12H9ClFNO2S. The zero-order valence-electron chi connectivity index (χ0n) is 9.42. The number of aromatic amines is 1. The topological polar surface area (TPSA) is 42.1 Å². The number of rotatable bonds is 2. The zero-order chi connectivity index (χ0) is 13.3. The first-order valence-corrected chi connectivity index (χ1v) is 6.00. The van der Waals surface area contributed by atoms with E-state index in [9.17, 15) is 9.18 Å². The van der Waals surface area contributed by atoms with E-state index in [4.69, 9.17) is 28.6 Å². The summed E-state index contributed by atoms with van der Waals surface area (Å²) in [4.78, 5) is 14.5. The summed E-state index contributed by atoms with van der Waals surface area (Å²) in [7, 11) is 0. The van der Waals surface area contributed by atoms with Crippen LogP contribution in [0, 0.1) is 10.3 Å². The first kappa shape index (κ1) is 13.0. The van der Waals surface area contributed by atoms with E-state index in [0.717, 1.165) is 0 Å². The van der Waals surface area contributed by atoms with Crippen LogP contribution >= 0.6 is 23.8 Å². The van der Waals surface area contributed by atoms with Crippen LogP contribution in [-0.2, 0) is 4.74 Å². The third-order valence-electron chi connectivity index (χ3n) is 2.42. The maximum absolute atomic E-state index is 13.4. The molecule has 0 spiro atoms. The van der Waals surface area contributed by atoms with Crippen LogP contribution in [0.2, 0.25) is 5.02 Å². The van der Waals surface area contributed by atoms with Gasteiger partial charge in [-0.15, -0.1) is 0 Å². The largest absolute Gasteiger partial charge is 0.462 e. The summed E-state index contributed by atoms with van der Waals surface area (Å²) in [5, 5.41) is 0.425. The Morgan fingerprint density at radius 2 is 2.28 bits per heavy atom. The quantitative estimate of drug-likeness (QED) is 0.673. The molecule has 1 N–H and O–H groups in total. The molecule has 0 aliphatic heterocycles. The van der Waals surface area contributed by atoms with Crippen LogP contribution in [0.5, 0.6) is 0 Å². The van der Waals surface area contributed by atoms with Gasteiger partial charge in [-0.25, -0.2) is 9.18 Å². The summed E-state index contributed by atoms with van der Waals surface area (Å²) < 4.78 is 18.5. The van der Waals surface area contributed by atoms with Crippen molar-refractivity contribution in [3.05, 3.63) is 39.2 Å². The molecule has 3 nitrogen and oxygen atoms in total. The van der Waals surface area contributed by atoms with Gasteiger partial charge >= 0.3 is 5.97 Å². The van der Waals surface area contributed by atoms with Crippen molar-refractivity contribution in [1.82, 2.24) is 4.98 Å².